The number of rotatable bonds is 3. The van der Waals surface area contributed by atoms with Crippen LogP contribution in [0.3, 0.4) is 0 Å². The second kappa shape index (κ2) is 5.08. The summed E-state index contributed by atoms with van der Waals surface area (Å²) >= 11 is 4.69. The molecule has 90 valence electrons. The Morgan fingerprint density at radius 1 is 1.25 bits per heavy atom. The first-order chi connectivity index (χ1) is 7.67. The zero-order chi connectivity index (χ0) is 11.6. The summed E-state index contributed by atoms with van der Waals surface area (Å²) in [5, 5.41) is 0.831. The molecule has 0 spiro atoms. The predicted octanol–water partition coefficient (Wildman–Crippen LogP) is 3.03. The standard InChI is InChI=1S/C11H16BrNO2S/c12-7-11(4-2-1-3-5-11)8-13-9(14)6-16-10(13)15/h1-8H2. The molecule has 3 nitrogen and oxygen atoms in total. The Bertz CT molecular complexity index is 286. The van der Waals surface area contributed by atoms with Crippen molar-refractivity contribution >= 4 is 38.8 Å². The van der Waals surface area contributed by atoms with Gasteiger partial charge in [0, 0.05) is 11.9 Å². The molecule has 1 aliphatic carbocycles. The quantitative estimate of drug-likeness (QED) is 0.752. The summed E-state index contributed by atoms with van der Waals surface area (Å²) in [7, 11) is 0. The minimum atomic E-state index is -0.0594. The molecule has 0 radical (unpaired) electrons. The second-order valence-corrected chi connectivity index (χ2v) is 6.22. The van der Waals surface area contributed by atoms with E-state index in [1.807, 2.05) is 0 Å². The summed E-state index contributed by atoms with van der Waals surface area (Å²) in [4.78, 5) is 24.6. The molecule has 1 saturated heterocycles. The van der Waals surface area contributed by atoms with Gasteiger partial charge in [-0.25, -0.2) is 0 Å². The van der Waals surface area contributed by atoms with E-state index in [0.29, 0.717) is 12.3 Å². The van der Waals surface area contributed by atoms with E-state index in [1.54, 1.807) is 0 Å². The lowest BCUT2D eigenvalue weighted by Crippen LogP contribution is -2.42. The molecule has 2 fully saturated rings. The van der Waals surface area contributed by atoms with Crippen LogP contribution in [0, 0.1) is 5.41 Å². The largest absolute Gasteiger partial charge is 0.288 e. The number of carbonyl (C=O) groups excluding carboxylic acids is 2. The number of alkyl halides is 1. The molecule has 0 aromatic rings. The zero-order valence-corrected chi connectivity index (χ0v) is 11.6. The average molecular weight is 306 g/mol. The Hall–Kier alpha value is -0.0300. The second-order valence-electron chi connectivity index (χ2n) is 4.73. The van der Waals surface area contributed by atoms with Gasteiger partial charge in [0.15, 0.2) is 0 Å². The predicted molar refractivity (Wildman–Crippen MR) is 68.9 cm³/mol. The maximum absolute atomic E-state index is 11.6. The number of halogens is 1. The van der Waals surface area contributed by atoms with Crippen molar-refractivity contribution in [2.24, 2.45) is 5.41 Å². The van der Waals surface area contributed by atoms with Crippen molar-refractivity contribution in [2.45, 2.75) is 32.1 Å². The molecule has 0 bridgehead atoms. The van der Waals surface area contributed by atoms with Crippen LogP contribution in [0.1, 0.15) is 32.1 Å². The lowest BCUT2D eigenvalue weighted by molar-refractivity contribution is -0.125. The highest BCUT2D eigenvalue weighted by Gasteiger charge is 2.39. The third-order valence-electron chi connectivity index (χ3n) is 3.53. The first kappa shape index (κ1) is 12.4. The summed E-state index contributed by atoms with van der Waals surface area (Å²) in [6, 6.07) is 0. The van der Waals surface area contributed by atoms with E-state index in [-0.39, 0.29) is 16.6 Å². The smallest absolute Gasteiger partial charge is 0.273 e. The van der Waals surface area contributed by atoms with E-state index in [1.165, 1.54) is 24.2 Å². The Kier molecular flexibility index (Phi) is 3.95. The fourth-order valence-electron chi connectivity index (χ4n) is 2.51. The van der Waals surface area contributed by atoms with Crippen molar-refractivity contribution < 1.29 is 9.59 Å². The van der Waals surface area contributed by atoms with Gasteiger partial charge in [0.2, 0.25) is 5.91 Å². The number of hydrogen-bond donors (Lipinski definition) is 0. The monoisotopic (exact) mass is 305 g/mol. The summed E-state index contributed by atoms with van der Waals surface area (Å²) in [5.74, 6) is 0.317. The van der Waals surface area contributed by atoms with Gasteiger partial charge in [-0.1, -0.05) is 47.0 Å². The van der Waals surface area contributed by atoms with Crippen LogP contribution in [0.4, 0.5) is 4.79 Å². The van der Waals surface area contributed by atoms with Gasteiger partial charge >= 0.3 is 0 Å². The Morgan fingerprint density at radius 3 is 2.44 bits per heavy atom. The summed E-state index contributed by atoms with van der Waals surface area (Å²) in [6.07, 6.45) is 5.97. The van der Waals surface area contributed by atoms with E-state index in [2.05, 4.69) is 15.9 Å². The molecule has 0 atom stereocenters. The average Bonchev–Trinajstić information content (AvgIpc) is 2.62. The molecule has 1 aliphatic heterocycles. The van der Waals surface area contributed by atoms with E-state index in [0.717, 1.165) is 29.9 Å². The molecular weight excluding hydrogens is 290 g/mol. The SMILES string of the molecule is O=C1CSC(=O)N1CC1(CBr)CCCCC1. The van der Waals surface area contributed by atoms with Gasteiger partial charge in [-0.3, -0.25) is 14.5 Å². The minimum Gasteiger partial charge on any atom is -0.273 e. The highest BCUT2D eigenvalue weighted by Crippen LogP contribution is 2.39. The van der Waals surface area contributed by atoms with Crippen LogP contribution < -0.4 is 0 Å². The third-order valence-corrected chi connectivity index (χ3v) is 5.58. The highest BCUT2D eigenvalue weighted by molar-refractivity contribution is 9.09. The minimum absolute atomic E-state index is 0.0131. The molecule has 0 N–H and O–H groups in total. The van der Waals surface area contributed by atoms with E-state index >= 15 is 0 Å². The van der Waals surface area contributed by atoms with Gasteiger partial charge in [-0.05, 0) is 18.3 Å². The van der Waals surface area contributed by atoms with Crippen LogP contribution >= 0.6 is 27.7 Å². The number of carbonyl (C=O) groups is 2. The van der Waals surface area contributed by atoms with E-state index in [9.17, 15) is 9.59 Å². The van der Waals surface area contributed by atoms with E-state index in [4.69, 9.17) is 0 Å². The molecule has 0 aromatic carbocycles. The topological polar surface area (TPSA) is 37.4 Å². The normalized spacial score (nSPS) is 25.2. The number of thioether (sulfide) groups is 1. The van der Waals surface area contributed by atoms with Gasteiger partial charge in [-0.2, -0.15) is 0 Å². The molecule has 0 aromatic heterocycles. The molecule has 0 unspecified atom stereocenters. The van der Waals surface area contributed by atoms with Gasteiger partial charge in [0.05, 0.1) is 5.75 Å². The summed E-state index contributed by atoms with van der Waals surface area (Å²) in [5.41, 5.74) is 0.133. The van der Waals surface area contributed by atoms with Crippen molar-refractivity contribution in [2.75, 3.05) is 17.6 Å². The number of imide groups is 1. The molecule has 5 heteroatoms. The molecule has 2 aliphatic rings. The maximum atomic E-state index is 11.6. The van der Waals surface area contributed by atoms with Crippen LogP contribution in [0.25, 0.3) is 0 Å². The number of amides is 2. The van der Waals surface area contributed by atoms with Crippen LogP contribution in [-0.2, 0) is 4.79 Å². The van der Waals surface area contributed by atoms with Crippen LogP contribution in [0.15, 0.2) is 0 Å². The van der Waals surface area contributed by atoms with E-state index < -0.39 is 0 Å². The number of hydrogen-bond acceptors (Lipinski definition) is 3. The van der Waals surface area contributed by atoms with Crippen LogP contribution in [0.5, 0.6) is 0 Å². The van der Waals surface area contributed by atoms with Gasteiger partial charge in [-0.15, -0.1) is 0 Å². The van der Waals surface area contributed by atoms with Crippen molar-refractivity contribution in [3.63, 3.8) is 0 Å². The summed E-state index contributed by atoms with van der Waals surface area (Å²) in [6.45, 7) is 0.614. The first-order valence-corrected chi connectivity index (χ1v) is 7.81. The van der Waals surface area contributed by atoms with Crippen LogP contribution in [-0.4, -0.2) is 33.7 Å². The van der Waals surface area contributed by atoms with Crippen molar-refractivity contribution in [3.05, 3.63) is 0 Å². The Labute approximate surface area is 108 Å². The van der Waals surface area contributed by atoms with Crippen molar-refractivity contribution in [3.8, 4) is 0 Å². The molecular formula is C11H16BrNO2S. The molecule has 1 heterocycles. The third kappa shape index (κ3) is 2.45. The fraction of sp³-hybridized carbons (Fsp3) is 0.818. The lowest BCUT2D eigenvalue weighted by Gasteiger charge is -2.37. The zero-order valence-electron chi connectivity index (χ0n) is 9.21. The molecule has 2 amide bonds. The van der Waals surface area contributed by atoms with Crippen molar-refractivity contribution in [1.29, 1.82) is 0 Å². The van der Waals surface area contributed by atoms with Crippen molar-refractivity contribution in [1.82, 2.24) is 4.90 Å². The van der Waals surface area contributed by atoms with Gasteiger partial charge in [0.25, 0.3) is 5.24 Å². The molecule has 2 rings (SSSR count). The van der Waals surface area contributed by atoms with Gasteiger partial charge < -0.3 is 0 Å². The number of nitrogens with zero attached hydrogens (tertiary/aromatic N) is 1. The summed E-state index contributed by atoms with van der Waals surface area (Å²) < 4.78 is 0. The highest BCUT2D eigenvalue weighted by atomic mass is 79.9. The molecule has 1 saturated carbocycles. The molecule has 16 heavy (non-hydrogen) atoms. The Morgan fingerprint density at radius 2 is 1.94 bits per heavy atom. The Balaban J connectivity index is 2.05. The van der Waals surface area contributed by atoms with Gasteiger partial charge in [0.1, 0.15) is 0 Å². The fourth-order valence-corrected chi connectivity index (χ4v) is 3.97. The lowest BCUT2D eigenvalue weighted by atomic mass is 9.75. The van der Waals surface area contributed by atoms with Crippen LogP contribution in [0.2, 0.25) is 0 Å². The maximum Gasteiger partial charge on any atom is 0.288 e. The first-order valence-electron chi connectivity index (χ1n) is 5.70.